The molecule has 0 unspecified atom stereocenters. The highest BCUT2D eigenvalue weighted by Crippen LogP contribution is 2.70. The Morgan fingerprint density at radius 3 is 2.46 bits per heavy atom. The van der Waals surface area contributed by atoms with Crippen LogP contribution in [0.2, 0.25) is 0 Å². The van der Waals surface area contributed by atoms with Gasteiger partial charge in [0.1, 0.15) is 0 Å². The minimum Gasteiger partial charge on any atom is -0.384 e. The SMILES string of the molecule is [C-]#[N+]C12CC(C(=O)N3CCn4nc(CN(C)CCNC)c(C5CCC(COC)(COC)CC5)c4C3)(C1)C2. The highest BCUT2D eigenvalue weighted by molar-refractivity contribution is 5.87. The lowest BCUT2D eigenvalue weighted by atomic mass is 9.39. The van der Waals surface area contributed by atoms with Crippen LogP contribution in [0.5, 0.6) is 0 Å². The van der Waals surface area contributed by atoms with Gasteiger partial charge in [-0.05, 0) is 45.7 Å². The van der Waals surface area contributed by atoms with Gasteiger partial charge in [0.25, 0.3) is 0 Å². The zero-order valence-corrected chi connectivity index (χ0v) is 23.1. The first-order chi connectivity index (χ1) is 17.8. The molecule has 2 bridgehead atoms. The lowest BCUT2D eigenvalue weighted by molar-refractivity contribution is -0.178. The summed E-state index contributed by atoms with van der Waals surface area (Å²) in [5.41, 5.74) is 3.40. The first-order valence-corrected chi connectivity index (χ1v) is 13.9. The Morgan fingerprint density at radius 1 is 1.19 bits per heavy atom. The van der Waals surface area contributed by atoms with Gasteiger partial charge in [-0.25, -0.2) is 6.57 Å². The predicted octanol–water partition coefficient (Wildman–Crippen LogP) is 2.66. The quantitative estimate of drug-likeness (QED) is 0.460. The zero-order chi connectivity index (χ0) is 26.3. The third-order valence-corrected chi connectivity index (χ3v) is 9.60. The van der Waals surface area contributed by atoms with Crippen molar-refractivity contribution in [3.8, 4) is 0 Å². The summed E-state index contributed by atoms with van der Waals surface area (Å²) >= 11 is 0. The summed E-state index contributed by atoms with van der Waals surface area (Å²) in [7, 11) is 7.72. The van der Waals surface area contributed by atoms with E-state index >= 15 is 0 Å². The van der Waals surface area contributed by atoms with Crippen LogP contribution in [0, 0.1) is 17.4 Å². The van der Waals surface area contributed by atoms with Gasteiger partial charge in [-0.1, -0.05) is 0 Å². The number of carbonyl (C=O) groups is 1. The van der Waals surface area contributed by atoms with Gasteiger partial charge in [0, 0.05) is 70.6 Å². The van der Waals surface area contributed by atoms with Crippen LogP contribution in [0.3, 0.4) is 0 Å². The number of rotatable bonds is 11. The van der Waals surface area contributed by atoms with Crippen LogP contribution in [-0.4, -0.2) is 92.2 Å². The van der Waals surface area contributed by atoms with E-state index in [0.29, 0.717) is 19.0 Å². The Kier molecular flexibility index (Phi) is 7.40. The van der Waals surface area contributed by atoms with Gasteiger partial charge in [0.05, 0.1) is 43.1 Å². The summed E-state index contributed by atoms with van der Waals surface area (Å²) in [5, 5.41) is 8.38. The summed E-state index contributed by atoms with van der Waals surface area (Å²) in [6, 6.07) is 0. The molecule has 1 aromatic rings. The molecule has 4 saturated carbocycles. The van der Waals surface area contributed by atoms with Crippen molar-refractivity contribution in [1.82, 2.24) is 24.9 Å². The molecule has 0 atom stereocenters. The minimum atomic E-state index is -0.256. The van der Waals surface area contributed by atoms with Crippen molar-refractivity contribution in [2.24, 2.45) is 10.8 Å². The van der Waals surface area contributed by atoms with Crippen LogP contribution in [0.15, 0.2) is 0 Å². The van der Waals surface area contributed by atoms with E-state index in [1.54, 1.807) is 14.2 Å². The van der Waals surface area contributed by atoms with Crippen molar-refractivity contribution >= 4 is 5.91 Å². The topological polar surface area (TPSA) is 76.2 Å². The van der Waals surface area contributed by atoms with Gasteiger partial charge in [-0.2, -0.15) is 5.10 Å². The number of nitrogens with zero attached hydrogens (tertiary/aromatic N) is 5. The number of methoxy groups -OCH3 is 2. The summed E-state index contributed by atoms with van der Waals surface area (Å²) in [6.45, 7) is 13.7. The molecule has 0 radical (unpaired) electrons. The van der Waals surface area contributed by atoms with Gasteiger partial charge in [-0.15, -0.1) is 0 Å². The van der Waals surface area contributed by atoms with Gasteiger partial charge >= 0.3 is 0 Å². The zero-order valence-electron chi connectivity index (χ0n) is 23.1. The normalized spacial score (nSPS) is 28.4. The van der Waals surface area contributed by atoms with Crippen molar-refractivity contribution in [3.05, 3.63) is 28.4 Å². The molecule has 9 heteroatoms. The lowest BCUT2D eigenvalue weighted by Gasteiger charge is -2.61. The van der Waals surface area contributed by atoms with Crippen molar-refractivity contribution in [3.63, 3.8) is 0 Å². The van der Waals surface area contributed by atoms with E-state index in [4.69, 9.17) is 21.1 Å². The fourth-order valence-electron chi connectivity index (χ4n) is 7.67. The largest absolute Gasteiger partial charge is 0.384 e. The van der Waals surface area contributed by atoms with Crippen LogP contribution >= 0.6 is 0 Å². The Hall–Kier alpha value is -1.99. The molecule has 4 aliphatic carbocycles. The van der Waals surface area contributed by atoms with Crippen molar-refractivity contribution in [1.29, 1.82) is 0 Å². The standard InChI is InChI=1S/C28H44N6O3/c1-29-10-11-32(3)14-22-24(21-6-8-26(9-7-21,19-36-4)20-37-5)23-15-33(12-13-34(23)31-22)25(35)27-16-28(17-27,18-27)30-2/h21,29H,6-20H2,1,3-5H3. The molecule has 4 fully saturated rings. The van der Waals surface area contributed by atoms with Crippen LogP contribution < -0.4 is 5.32 Å². The Labute approximate surface area is 221 Å². The van der Waals surface area contributed by atoms with Gasteiger partial charge in [0.2, 0.25) is 11.4 Å². The molecule has 1 aromatic heterocycles. The molecule has 5 aliphatic rings. The summed E-state index contributed by atoms with van der Waals surface area (Å²) in [6.07, 6.45) is 6.60. The highest BCUT2D eigenvalue weighted by Gasteiger charge is 2.78. The summed E-state index contributed by atoms with van der Waals surface area (Å²) in [4.78, 5) is 21.8. The van der Waals surface area contributed by atoms with Gasteiger partial charge in [0.15, 0.2) is 0 Å². The first-order valence-electron chi connectivity index (χ1n) is 13.9. The number of aromatic nitrogens is 2. The molecule has 0 spiro atoms. The summed E-state index contributed by atoms with van der Waals surface area (Å²) in [5.74, 6) is 0.709. The molecule has 1 aliphatic heterocycles. The molecule has 204 valence electrons. The van der Waals surface area contributed by atoms with Crippen LogP contribution in [0.4, 0.5) is 0 Å². The van der Waals surface area contributed by atoms with E-state index in [1.165, 1.54) is 17.0 Å². The monoisotopic (exact) mass is 512 g/mol. The molecule has 37 heavy (non-hydrogen) atoms. The summed E-state index contributed by atoms with van der Waals surface area (Å²) < 4.78 is 13.4. The lowest BCUT2D eigenvalue weighted by Crippen LogP contribution is -2.71. The van der Waals surface area contributed by atoms with E-state index in [0.717, 1.165) is 84.3 Å². The van der Waals surface area contributed by atoms with Crippen LogP contribution in [0.1, 0.15) is 67.8 Å². The molecule has 1 amide bonds. The minimum absolute atomic E-state index is 0.0853. The third kappa shape index (κ3) is 4.71. The number of likely N-dealkylation sites (N-methyl/N-ethyl adjacent to an activating group) is 2. The fraction of sp³-hybridized carbons (Fsp3) is 0.821. The number of fused-ring (bicyclic) bond motifs is 1. The Balaban J connectivity index is 1.37. The average Bonchev–Trinajstić information content (AvgIpc) is 3.19. The van der Waals surface area contributed by atoms with Crippen molar-refractivity contribution in [2.45, 2.75) is 76.0 Å². The number of hydrogen-bond donors (Lipinski definition) is 1. The number of hydrogen-bond acceptors (Lipinski definition) is 6. The Bertz CT molecular complexity index is 1010. The second kappa shape index (κ2) is 10.3. The third-order valence-electron chi connectivity index (χ3n) is 9.60. The number of amides is 1. The van der Waals surface area contributed by atoms with E-state index in [9.17, 15) is 4.79 Å². The molecule has 9 nitrogen and oxygen atoms in total. The fourth-order valence-corrected chi connectivity index (χ4v) is 7.67. The first kappa shape index (κ1) is 26.6. The number of nitrogens with one attached hydrogen (secondary N) is 1. The number of ether oxygens (including phenoxy) is 2. The Morgan fingerprint density at radius 2 is 1.86 bits per heavy atom. The van der Waals surface area contributed by atoms with Gasteiger partial charge in [-0.3, -0.25) is 14.4 Å². The molecule has 6 rings (SSSR count). The van der Waals surface area contributed by atoms with Crippen molar-refractivity contribution < 1.29 is 14.3 Å². The molecular formula is C28H44N6O3. The maximum atomic E-state index is 13.6. The van der Waals surface area contributed by atoms with E-state index < -0.39 is 0 Å². The van der Waals surface area contributed by atoms with Gasteiger partial charge < -0.3 is 24.5 Å². The van der Waals surface area contributed by atoms with E-state index in [2.05, 4.69) is 31.7 Å². The maximum Gasteiger partial charge on any atom is 0.235 e. The second-order valence-corrected chi connectivity index (χ2v) is 12.4. The molecule has 0 saturated heterocycles. The molecule has 2 heterocycles. The van der Waals surface area contributed by atoms with E-state index in [1.807, 2.05) is 7.05 Å². The maximum absolute atomic E-state index is 13.6. The number of carbonyl (C=O) groups excluding carboxylic acids is 1. The predicted molar refractivity (Wildman–Crippen MR) is 141 cm³/mol. The van der Waals surface area contributed by atoms with Crippen LogP contribution in [-0.2, 0) is 33.9 Å². The highest BCUT2D eigenvalue weighted by atomic mass is 16.5. The average molecular weight is 513 g/mol. The van der Waals surface area contributed by atoms with E-state index in [-0.39, 0.29) is 22.3 Å². The second-order valence-electron chi connectivity index (χ2n) is 12.4. The van der Waals surface area contributed by atoms with Crippen molar-refractivity contribution in [2.75, 3.05) is 61.2 Å². The van der Waals surface area contributed by atoms with Crippen LogP contribution in [0.25, 0.3) is 4.85 Å². The molecule has 1 N–H and O–H groups in total. The molecule has 0 aromatic carbocycles. The molecular weight excluding hydrogens is 468 g/mol. The smallest absolute Gasteiger partial charge is 0.235 e.